The highest BCUT2D eigenvalue weighted by Crippen LogP contribution is 2.55. The summed E-state index contributed by atoms with van der Waals surface area (Å²) in [6.45, 7) is 30.3. The van der Waals surface area contributed by atoms with Crippen molar-refractivity contribution >= 4 is 27.5 Å². The number of methoxy groups -OCH3 is 1. The van der Waals surface area contributed by atoms with Gasteiger partial charge in [-0.2, -0.15) is 0 Å². The number of ether oxygens (including phenoxy) is 2. The Hall–Kier alpha value is -2.68. The first-order chi connectivity index (χ1) is 22.8. The van der Waals surface area contributed by atoms with Crippen LogP contribution in [0.25, 0.3) is 0 Å². The maximum atomic E-state index is 12.5. The number of hydrogen-bond acceptors (Lipinski definition) is 6. The van der Waals surface area contributed by atoms with E-state index in [4.69, 9.17) is 9.47 Å². The molecule has 49 heavy (non-hydrogen) atoms. The minimum absolute atomic E-state index is 0.118. The summed E-state index contributed by atoms with van der Waals surface area (Å²) in [6, 6.07) is 23.7. The zero-order valence-corrected chi connectivity index (χ0v) is 34.3. The van der Waals surface area contributed by atoms with Crippen LogP contribution in [-0.4, -0.2) is 65.2 Å². The zero-order chi connectivity index (χ0) is 37.6. The Morgan fingerprint density at radius 3 is 1.33 bits per heavy atom. The number of carbonyl (C=O) groups excluding carboxylic acids is 2. The summed E-state index contributed by atoms with van der Waals surface area (Å²) >= 11 is 3.35. The van der Waals surface area contributed by atoms with Crippen LogP contribution >= 0.6 is 15.9 Å². The van der Waals surface area contributed by atoms with Crippen LogP contribution in [0.5, 0.6) is 0 Å². The number of epoxide rings is 1. The van der Waals surface area contributed by atoms with Gasteiger partial charge in [-0.25, -0.2) is 0 Å². The van der Waals surface area contributed by atoms with Crippen molar-refractivity contribution in [3.63, 3.8) is 0 Å². The van der Waals surface area contributed by atoms with Gasteiger partial charge in [-0.1, -0.05) is 133 Å². The molecular formula is C42H63BrN2O4. The first kappa shape index (κ1) is 44.3. The highest BCUT2D eigenvalue weighted by molar-refractivity contribution is 9.10. The summed E-state index contributed by atoms with van der Waals surface area (Å²) in [5, 5.41) is 3.11. The van der Waals surface area contributed by atoms with E-state index in [1.807, 2.05) is 104 Å². The fourth-order valence-electron chi connectivity index (χ4n) is 5.43. The Morgan fingerprint density at radius 2 is 1.06 bits per heavy atom. The quantitative estimate of drug-likeness (QED) is 0.120. The smallest absolute Gasteiger partial charge is 0.225 e. The molecule has 1 atom stereocenters. The van der Waals surface area contributed by atoms with Gasteiger partial charge in [0.05, 0.1) is 9.86 Å². The highest BCUT2D eigenvalue weighted by Gasteiger charge is 2.66. The fourth-order valence-corrected chi connectivity index (χ4v) is 5.66. The monoisotopic (exact) mass is 738 g/mol. The molecule has 3 aromatic carbocycles. The van der Waals surface area contributed by atoms with Gasteiger partial charge in [-0.15, -0.1) is 0 Å². The second kappa shape index (κ2) is 19.6. The molecule has 0 bridgehead atoms. The van der Waals surface area contributed by atoms with Gasteiger partial charge >= 0.3 is 0 Å². The van der Waals surface area contributed by atoms with E-state index in [1.165, 1.54) is 16.7 Å². The lowest BCUT2D eigenvalue weighted by Gasteiger charge is -2.35. The molecule has 1 heterocycles. The molecule has 4 rings (SSSR count). The number of halogens is 1. The van der Waals surface area contributed by atoms with E-state index in [9.17, 15) is 9.59 Å². The van der Waals surface area contributed by atoms with Crippen LogP contribution in [0.3, 0.4) is 0 Å². The normalized spacial score (nSPS) is 16.2. The van der Waals surface area contributed by atoms with Gasteiger partial charge in [0.2, 0.25) is 5.79 Å². The van der Waals surface area contributed by atoms with Crippen molar-refractivity contribution in [2.45, 2.75) is 111 Å². The highest BCUT2D eigenvalue weighted by atomic mass is 79.9. The predicted molar refractivity (Wildman–Crippen MR) is 210 cm³/mol. The summed E-state index contributed by atoms with van der Waals surface area (Å²) in [5.41, 5.74) is 5.61. The molecule has 0 amide bonds. The third-order valence-electron chi connectivity index (χ3n) is 8.65. The standard InChI is InChI=1S/C15H23NO.C12H16O2.C11H13BrO.C4H11N/c1-6-16(7-2)15(4,5)14(17)13-10-8-12(3)9-11-13;1-9-5-7-10(8-6-9)12(13-4)11(2,3)14-12;1-8-4-6-9(7-5-8)10(13)11(2,3)12;1-3-5-4-2/h8-11H,6-7H2,1-5H3;5-8H,1-4H3;4-7H,1-3H3;5H,3-4H2,1-2H3. The van der Waals surface area contributed by atoms with E-state index in [1.54, 1.807) is 7.11 Å². The molecule has 3 aromatic rings. The molecule has 1 fully saturated rings. The molecular weight excluding hydrogens is 676 g/mol. The van der Waals surface area contributed by atoms with Gasteiger partial charge in [0.1, 0.15) is 5.60 Å². The zero-order valence-electron chi connectivity index (χ0n) is 32.7. The predicted octanol–water partition coefficient (Wildman–Crippen LogP) is 9.87. The van der Waals surface area contributed by atoms with E-state index < -0.39 is 15.7 Å². The topological polar surface area (TPSA) is 71.2 Å². The SMILES string of the molecule is CCN(CC)C(C)(C)C(=O)c1ccc(C)cc1.CCNCC.COC1(c2ccc(C)cc2)OC1(C)C.Cc1ccc(C(=O)C(C)(C)Br)cc1. The molecule has 0 aliphatic carbocycles. The molecule has 0 aromatic heterocycles. The number of carbonyl (C=O) groups is 2. The van der Waals surface area contributed by atoms with Crippen molar-refractivity contribution in [1.29, 1.82) is 0 Å². The van der Waals surface area contributed by atoms with Crippen LogP contribution in [0, 0.1) is 20.8 Å². The fraction of sp³-hybridized carbons (Fsp3) is 0.524. The van der Waals surface area contributed by atoms with Crippen molar-refractivity contribution in [1.82, 2.24) is 10.2 Å². The number of alkyl halides is 1. The summed E-state index contributed by atoms with van der Waals surface area (Å²) in [6.07, 6.45) is 0. The number of ketones is 2. The van der Waals surface area contributed by atoms with Crippen LogP contribution in [0.15, 0.2) is 72.8 Å². The van der Waals surface area contributed by atoms with Gasteiger partial charge in [0.15, 0.2) is 11.6 Å². The molecule has 0 radical (unpaired) electrons. The summed E-state index contributed by atoms with van der Waals surface area (Å²) in [4.78, 5) is 26.4. The molecule has 1 aliphatic heterocycles. The number of benzene rings is 3. The van der Waals surface area contributed by atoms with E-state index in [-0.39, 0.29) is 17.2 Å². The lowest BCUT2D eigenvalue weighted by molar-refractivity contribution is -0.0147. The van der Waals surface area contributed by atoms with Crippen LogP contribution in [0.1, 0.15) is 112 Å². The van der Waals surface area contributed by atoms with Crippen molar-refractivity contribution in [2.24, 2.45) is 0 Å². The number of Topliss-reactive ketones (excluding diaryl/α,β-unsaturated/α-hetero) is 2. The van der Waals surface area contributed by atoms with Crippen LogP contribution in [0.2, 0.25) is 0 Å². The number of nitrogens with one attached hydrogen (secondary N) is 1. The van der Waals surface area contributed by atoms with E-state index in [2.05, 4.69) is 85.0 Å². The maximum absolute atomic E-state index is 12.5. The Morgan fingerprint density at radius 1 is 0.714 bits per heavy atom. The van der Waals surface area contributed by atoms with Crippen molar-refractivity contribution in [2.75, 3.05) is 33.3 Å². The van der Waals surface area contributed by atoms with Crippen LogP contribution in [-0.2, 0) is 15.3 Å². The Bertz CT molecular complexity index is 1420. The Balaban J connectivity index is 0.000000346. The largest absolute Gasteiger partial charge is 0.347 e. The number of aryl methyl sites for hydroxylation is 3. The number of likely N-dealkylation sites (N-methyl/N-ethyl adjacent to an activating group) is 1. The molecule has 1 aliphatic rings. The average molecular weight is 740 g/mol. The molecule has 1 N–H and O–H groups in total. The van der Waals surface area contributed by atoms with Gasteiger partial charge in [-0.3, -0.25) is 14.5 Å². The number of rotatable bonds is 11. The van der Waals surface area contributed by atoms with Gasteiger partial charge in [-0.05, 0) is 88.5 Å². The first-order valence-electron chi connectivity index (χ1n) is 17.5. The summed E-state index contributed by atoms with van der Waals surface area (Å²) < 4.78 is 10.6. The minimum atomic E-state index is -0.527. The number of hydrogen-bond donors (Lipinski definition) is 1. The molecule has 7 heteroatoms. The van der Waals surface area contributed by atoms with E-state index in [0.29, 0.717) is 0 Å². The van der Waals surface area contributed by atoms with Gasteiger partial charge in [0, 0.05) is 23.8 Å². The molecule has 1 saturated heterocycles. The Kier molecular flexibility index (Phi) is 17.8. The first-order valence-corrected chi connectivity index (χ1v) is 18.3. The van der Waals surface area contributed by atoms with Crippen LogP contribution < -0.4 is 5.32 Å². The maximum Gasteiger partial charge on any atom is 0.225 e. The van der Waals surface area contributed by atoms with E-state index >= 15 is 0 Å². The lowest BCUT2D eigenvalue weighted by atomic mass is 9.91. The summed E-state index contributed by atoms with van der Waals surface area (Å²) in [7, 11) is 1.69. The van der Waals surface area contributed by atoms with Crippen LogP contribution in [0.4, 0.5) is 0 Å². The van der Waals surface area contributed by atoms with Crippen molar-refractivity contribution in [3.05, 3.63) is 106 Å². The molecule has 0 saturated carbocycles. The molecule has 6 nitrogen and oxygen atoms in total. The van der Waals surface area contributed by atoms with E-state index in [0.717, 1.165) is 42.9 Å². The molecule has 1 unspecified atom stereocenters. The lowest BCUT2D eigenvalue weighted by Crippen LogP contribution is -2.49. The Labute approximate surface area is 306 Å². The third kappa shape index (κ3) is 12.9. The van der Waals surface area contributed by atoms with Gasteiger partial charge in [0.25, 0.3) is 0 Å². The minimum Gasteiger partial charge on any atom is -0.347 e. The van der Waals surface area contributed by atoms with Crippen molar-refractivity contribution < 1.29 is 19.1 Å². The molecule has 272 valence electrons. The van der Waals surface area contributed by atoms with Gasteiger partial charge < -0.3 is 14.8 Å². The summed E-state index contributed by atoms with van der Waals surface area (Å²) in [5.74, 6) is -0.213. The average Bonchev–Trinajstić information content (AvgIpc) is 3.64. The second-order valence-corrected chi connectivity index (χ2v) is 15.8. The number of nitrogens with zero attached hydrogens (tertiary/aromatic N) is 1. The van der Waals surface area contributed by atoms with Crippen molar-refractivity contribution in [3.8, 4) is 0 Å². The molecule has 0 spiro atoms. The second-order valence-electron chi connectivity index (χ2n) is 13.9. The third-order valence-corrected chi connectivity index (χ3v) is 9.01.